The van der Waals surface area contributed by atoms with Crippen LogP contribution in [0, 0.1) is 12.7 Å². The molecule has 0 bridgehead atoms. The maximum atomic E-state index is 14.6. The molecule has 30 heavy (non-hydrogen) atoms. The molecule has 0 fully saturated rings. The van der Waals surface area contributed by atoms with Gasteiger partial charge in [0.15, 0.2) is 5.96 Å². The first-order valence-electron chi connectivity index (χ1n) is 9.73. The Kier molecular flexibility index (Phi) is 9.22. The molecule has 0 saturated heterocycles. The first-order valence-corrected chi connectivity index (χ1v) is 10.6. The van der Waals surface area contributed by atoms with Gasteiger partial charge in [-0.25, -0.2) is 19.4 Å². The van der Waals surface area contributed by atoms with E-state index in [0.717, 1.165) is 28.6 Å². The molecule has 6 nitrogen and oxygen atoms in total. The molecule has 2 aromatic heterocycles. The van der Waals surface area contributed by atoms with Crippen molar-refractivity contribution in [3.05, 3.63) is 63.9 Å². The van der Waals surface area contributed by atoms with Crippen LogP contribution < -0.4 is 10.6 Å². The topological polar surface area (TPSA) is 67.1 Å². The number of halogens is 2. The van der Waals surface area contributed by atoms with E-state index in [0.29, 0.717) is 30.7 Å². The molecule has 3 aromatic rings. The molecule has 0 aliphatic carbocycles. The van der Waals surface area contributed by atoms with Crippen molar-refractivity contribution in [2.24, 2.45) is 4.99 Å². The molecular weight excluding hydrogens is 514 g/mol. The van der Waals surface area contributed by atoms with Crippen LogP contribution in [0.4, 0.5) is 4.39 Å². The number of guanidine groups is 1. The number of benzene rings is 1. The number of imidazole rings is 1. The van der Waals surface area contributed by atoms with Gasteiger partial charge in [-0.1, -0.05) is 19.9 Å². The zero-order valence-corrected chi connectivity index (χ0v) is 20.8. The highest BCUT2D eigenvalue weighted by atomic mass is 127. The molecule has 9 heteroatoms. The van der Waals surface area contributed by atoms with Gasteiger partial charge in [-0.15, -0.1) is 35.3 Å². The third kappa shape index (κ3) is 6.24. The van der Waals surface area contributed by atoms with Crippen molar-refractivity contribution in [3.63, 3.8) is 0 Å². The first kappa shape index (κ1) is 24.3. The lowest BCUT2D eigenvalue weighted by Gasteiger charge is -2.11. The fourth-order valence-corrected chi connectivity index (χ4v) is 3.71. The van der Waals surface area contributed by atoms with Gasteiger partial charge in [-0.3, -0.25) is 0 Å². The number of nitrogens with one attached hydrogen (secondary N) is 2. The van der Waals surface area contributed by atoms with Crippen LogP contribution in [0.5, 0.6) is 0 Å². The number of hydrogen-bond donors (Lipinski definition) is 2. The van der Waals surface area contributed by atoms with Crippen LogP contribution in [0.25, 0.3) is 5.69 Å². The molecule has 2 heterocycles. The Balaban J connectivity index is 0.00000320. The van der Waals surface area contributed by atoms with E-state index < -0.39 is 0 Å². The Labute approximate surface area is 198 Å². The van der Waals surface area contributed by atoms with E-state index in [9.17, 15) is 4.39 Å². The average Bonchev–Trinajstić information content (AvgIpc) is 3.33. The molecule has 0 radical (unpaired) electrons. The van der Waals surface area contributed by atoms with Gasteiger partial charge in [0, 0.05) is 24.3 Å². The highest BCUT2D eigenvalue weighted by Crippen LogP contribution is 2.18. The second-order valence-electron chi connectivity index (χ2n) is 7.00. The fraction of sp³-hybridized carbons (Fsp3) is 0.381. The Hall–Kier alpha value is -2.01. The first-order chi connectivity index (χ1) is 14.0. The third-order valence-corrected chi connectivity index (χ3v) is 5.30. The highest BCUT2D eigenvalue weighted by molar-refractivity contribution is 14.0. The summed E-state index contributed by atoms with van der Waals surface area (Å²) < 4.78 is 16.3. The van der Waals surface area contributed by atoms with Crippen LogP contribution in [-0.2, 0) is 13.1 Å². The van der Waals surface area contributed by atoms with Gasteiger partial charge in [0.1, 0.15) is 16.6 Å². The second kappa shape index (κ2) is 11.4. The van der Waals surface area contributed by atoms with E-state index in [2.05, 4.69) is 44.8 Å². The predicted octanol–water partition coefficient (Wildman–Crippen LogP) is 4.77. The summed E-state index contributed by atoms with van der Waals surface area (Å²) in [4.78, 5) is 13.4. The largest absolute Gasteiger partial charge is 0.357 e. The van der Waals surface area contributed by atoms with Crippen molar-refractivity contribution in [2.75, 3.05) is 6.54 Å². The minimum absolute atomic E-state index is 0. The maximum absolute atomic E-state index is 14.6. The number of nitrogens with zero attached hydrogens (tertiary/aromatic N) is 4. The van der Waals surface area contributed by atoms with E-state index in [1.54, 1.807) is 34.4 Å². The monoisotopic (exact) mass is 542 g/mol. The van der Waals surface area contributed by atoms with Crippen LogP contribution in [-0.4, -0.2) is 27.0 Å². The molecule has 1 aromatic carbocycles. The lowest BCUT2D eigenvalue weighted by Crippen LogP contribution is -2.36. The third-order valence-electron chi connectivity index (χ3n) is 4.43. The van der Waals surface area contributed by atoms with Crippen LogP contribution in [0.2, 0.25) is 0 Å². The summed E-state index contributed by atoms with van der Waals surface area (Å²) in [6.07, 6.45) is 3.41. The lowest BCUT2D eigenvalue weighted by molar-refractivity contribution is 0.614. The van der Waals surface area contributed by atoms with Crippen LogP contribution in [0.1, 0.15) is 48.8 Å². The van der Waals surface area contributed by atoms with Gasteiger partial charge in [0.2, 0.25) is 0 Å². The van der Waals surface area contributed by atoms with Crippen molar-refractivity contribution >= 4 is 41.3 Å². The number of aromatic nitrogens is 3. The summed E-state index contributed by atoms with van der Waals surface area (Å²) in [6, 6.07) is 5.18. The molecule has 0 spiro atoms. The number of rotatable bonds is 7. The summed E-state index contributed by atoms with van der Waals surface area (Å²) in [5.74, 6) is 1.56. The molecule has 0 amide bonds. The number of aryl methyl sites for hydroxylation is 1. The summed E-state index contributed by atoms with van der Waals surface area (Å²) in [5.41, 5.74) is 2.40. The number of hydrogen-bond acceptors (Lipinski definition) is 4. The molecule has 0 atom stereocenters. The summed E-state index contributed by atoms with van der Waals surface area (Å²) in [7, 11) is 0. The smallest absolute Gasteiger partial charge is 0.191 e. The van der Waals surface area contributed by atoms with Gasteiger partial charge in [0.05, 0.1) is 24.5 Å². The van der Waals surface area contributed by atoms with E-state index in [1.807, 2.05) is 19.9 Å². The molecule has 162 valence electrons. The van der Waals surface area contributed by atoms with Gasteiger partial charge in [0.25, 0.3) is 0 Å². The fourth-order valence-electron chi connectivity index (χ4n) is 2.82. The van der Waals surface area contributed by atoms with Crippen molar-refractivity contribution in [3.8, 4) is 5.69 Å². The van der Waals surface area contributed by atoms with Gasteiger partial charge >= 0.3 is 0 Å². The molecule has 0 aliphatic heterocycles. The summed E-state index contributed by atoms with van der Waals surface area (Å²) >= 11 is 1.64. The Morgan fingerprint density at radius 3 is 2.70 bits per heavy atom. The Morgan fingerprint density at radius 1 is 1.30 bits per heavy atom. The molecule has 3 rings (SSSR count). The maximum Gasteiger partial charge on any atom is 0.191 e. The predicted molar refractivity (Wildman–Crippen MR) is 132 cm³/mol. The normalized spacial score (nSPS) is 11.5. The zero-order chi connectivity index (χ0) is 20.8. The van der Waals surface area contributed by atoms with Crippen molar-refractivity contribution < 1.29 is 4.39 Å². The SMILES string of the molecule is CCNC(=NCc1ccc(-n2ccnc2C)c(F)c1)NCc1nc(C(C)C)cs1.I. The minimum atomic E-state index is -0.291. The Morgan fingerprint density at radius 2 is 2.10 bits per heavy atom. The van der Waals surface area contributed by atoms with Gasteiger partial charge in [-0.2, -0.15) is 0 Å². The second-order valence-corrected chi connectivity index (χ2v) is 7.94. The molecule has 0 saturated carbocycles. The van der Waals surface area contributed by atoms with Crippen LogP contribution in [0.15, 0.2) is 41.0 Å². The summed E-state index contributed by atoms with van der Waals surface area (Å²) in [5, 5.41) is 9.63. The number of thiazole rings is 1. The molecule has 0 aliphatic rings. The Bertz CT molecular complexity index is 982. The molecule has 2 N–H and O–H groups in total. The molecular formula is C21H28FIN6S. The standard InChI is InChI=1S/C21H27FN6S.HI/c1-5-23-21(26-12-20-27-18(13-29-20)14(2)3)25-11-16-6-7-19(17(22)10-16)28-9-8-24-15(28)4;/h6-10,13-14H,5,11-12H2,1-4H3,(H2,23,25,26);1H. The van der Waals surface area contributed by atoms with Crippen molar-refractivity contribution in [1.82, 2.24) is 25.2 Å². The highest BCUT2D eigenvalue weighted by Gasteiger charge is 2.09. The van der Waals surface area contributed by atoms with Crippen LogP contribution in [0.3, 0.4) is 0 Å². The molecule has 0 unspecified atom stereocenters. The lowest BCUT2D eigenvalue weighted by atomic mass is 10.2. The zero-order valence-electron chi connectivity index (χ0n) is 17.6. The van der Waals surface area contributed by atoms with Gasteiger partial charge in [-0.05, 0) is 37.5 Å². The average molecular weight is 542 g/mol. The summed E-state index contributed by atoms with van der Waals surface area (Å²) in [6.45, 7) is 9.86. The minimum Gasteiger partial charge on any atom is -0.357 e. The quantitative estimate of drug-likeness (QED) is 0.257. The van der Waals surface area contributed by atoms with E-state index >= 15 is 0 Å². The van der Waals surface area contributed by atoms with E-state index in [4.69, 9.17) is 0 Å². The van der Waals surface area contributed by atoms with Crippen molar-refractivity contribution in [1.29, 1.82) is 0 Å². The van der Waals surface area contributed by atoms with Crippen LogP contribution >= 0.6 is 35.3 Å². The van der Waals surface area contributed by atoms with Gasteiger partial charge < -0.3 is 15.2 Å². The van der Waals surface area contributed by atoms with E-state index in [1.165, 1.54) is 6.07 Å². The van der Waals surface area contributed by atoms with Crippen molar-refractivity contribution in [2.45, 2.75) is 46.7 Å². The van der Waals surface area contributed by atoms with E-state index in [-0.39, 0.29) is 29.8 Å². The number of aliphatic imine (C=N–C) groups is 1.